The maximum absolute atomic E-state index is 5.06. The van der Waals surface area contributed by atoms with E-state index in [4.69, 9.17) is 4.98 Å². The van der Waals surface area contributed by atoms with Crippen molar-refractivity contribution in [1.29, 1.82) is 0 Å². The van der Waals surface area contributed by atoms with E-state index in [1.165, 1.54) is 54.9 Å². The van der Waals surface area contributed by atoms with Crippen molar-refractivity contribution in [2.75, 3.05) is 0 Å². The van der Waals surface area contributed by atoms with E-state index in [0.29, 0.717) is 0 Å². The molecule has 0 aliphatic rings. The molecule has 0 aliphatic heterocycles. The molecule has 0 saturated heterocycles. The highest BCUT2D eigenvalue weighted by molar-refractivity contribution is 6.58. The van der Waals surface area contributed by atoms with E-state index < -0.39 is 0 Å². The third-order valence-corrected chi connectivity index (χ3v) is 8.84. The lowest BCUT2D eigenvalue weighted by molar-refractivity contribution is 0.929. The quantitative estimate of drug-likeness (QED) is 0.156. The number of benzene rings is 7. The molecule has 45 heavy (non-hydrogen) atoms. The maximum Gasteiger partial charge on any atom is 0.0994 e. The lowest BCUT2D eigenvalue weighted by atomic mass is 9.42. The Bertz CT molecular complexity index is 2340. The Kier molecular flexibility index (Phi) is 6.50. The molecule has 0 radical (unpaired) electrons. The molecule has 0 unspecified atom stereocenters. The molecule has 0 spiro atoms. The van der Waals surface area contributed by atoms with Crippen LogP contribution in [0.25, 0.3) is 71.6 Å². The van der Waals surface area contributed by atoms with E-state index >= 15 is 0 Å². The Morgan fingerprint density at radius 2 is 0.956 bits per heavy atom. The largest absolute Gasteiger partial charge is 0.298 e. The molecule has 1 heterocycles. The summed E-state index contributed by atoms with van der Waals surface area (Å²) in [5.74, 6) is 1.06. The van der Waals surface area contributed by atoms with Crippen molar-refractivity contribution in [3.63, 3.8) is 0 Å². The van der Waals surface area contributed by atoms with E-state index in [-0.39, 0.29) is 5.11 Å². The topological polar surface area (TPSA) is 17.8 Å². The number of aromatic nitrogens is 2. The Labute approximate surface area is 266 Å². The average molecular weight is 572 g/mol. The molecular weight excluding hydrogens is 541 g/mol. The van der Waals surface area contributed by atoms with E-state index in [1.807, 2.05) is 0 Å². The van der Waals surface area contributed by atoms with Gasteiger partial charge < -0.3 is 0 Å². The fourth-order valence-electron chi connectivity index (χ4n) is 6.78. The second-order valence-electron chi connectivity index (χ2n) is 12.8. The van der Waals surface area contributed by atoms with Crippen molar-refractivity contribution < 1.29 is 0 Å². The summed E-state index contributed by atoms with van der Waals surface area (Å²) in [5, 5.41) is 4.93. The predicted molar refractivity (Wildman–Crippen MR) is 200 cm³/mol. The van der Waals surface area contributed by atoms with Gasteiger partial charge in [0, 0.05) is 5.69 Å². The van der Waals surface area contributed by atoms with Crippen molar-refractivity contribution in [3.8, 4) is 39.1 Å². The molecule has 210 valence electrons. The van der Waals surface area contributed by atoms with Crippen LogP contribution in [-0.2, 0) is 5.11 Å². The zero-order valence-corrected chi connectivity index (χ0v) is 25.8. The van der Waals surface area contributed by atoms with E-state index in [2.05, 4.69) is 180 Å². The number of para-hydroxylation sites is 2. The van der Waals surface area contributed by atoms with Gasteiger partial charge in [0.15, 0.2) is 0 Å². The maximum atomic E-state index is 5.06. The molecule has 2 nitrogen and oxygen atoms in total. The minimum absolute atomic E-state index is 0.103. The summed E-state index contributed by atoms with van der Waals surface area (Å²) in [4.78, 5) is 5.06. The zero-order chi connectivity index (χ0) is 30.5. The molecule has 0 aliphatic carbocycles. The van der Waals surface area contributed by atoms with E-state index in [0.717, 1.165) is 22.5 Å². The van der Waals surface area contributed by atoms with Gasteiger partial charge in [0.1, 0.15) is 0 Å². The number of imidazole rings is 1. The first-order valence-electron chi connectivity index (χ1n) is 15.7. The minimum atomic E-state index is -0.103. The first-order valence-corrected chi connectivity index (χ1v) is 15.7. The Hall–Kier alpha value is -5.28. The number of rotatable bonds is 5. The van der Waals surface area contributed by atoms with Crippen LogP contribution >= 0.6 is 0 Å². The predicted octanol–water partition coefficient (Wildman–Crippen LogP) is 7.34. The Balaban J connectivity index is 1.39. The van der Waals surface area contributed by atoms with Gasteiger partial charge >= 0.3 is 0 Å². The average Bonchev–Trinajstić information content (AvgIpc) is 3.48. The summed E-state index contributed by atoms with van der Waals surface area (Å²) in [6.45, 7) is 0. The van der Waals surface area contributed by atoms with Crippen molar-refractivity contribution in [2.45, 2.75) is 5.11 Å². The second-order valence-corrected chi connectivity index (χ2v) is 12.8. The normalized spacial score (nSPS) is 11.8. The molecule has 8 aromatic rings. The first-order chi connectivity index (χ1) is 22.0. The third kappa shape index (κ3) is 4.67. The third-order valence-electron chi connectivity index (χ3n) is 8.84. The van der Waals surface area contributed by atoms with Crippen LogP contribution in [0, 0.1) is 0 Å². The molecule has 5 heteroatoms. The van der Waals surface area contributed by atoms with Gasteiger partial charge in [-0.2, -0.15) is 0 Å². The summed E-state index contributed by atoms with van der Waals surface area (Å²) in [6, 6.07) is 54.8. The standard InChI is InChI=1S/C40H31B3N2/c41-40(42,43)39-44-35-17-9-10-18-36(35)45(39)30-22-19-28(20-23-30)37-31-15-7-8-16-32(31)38(27-13-5-2-6-14-27)34-25-29(21-24-33(34)37)26-11-3-1-4-12-26/h1-25H,41-43H2. The molecule has 0 atom stereocenters. The van der Waals surface area contributed by atoms with Crippen LogP contribution in [0.3, 0.4) is 0 Å². The van der Waals surface area contributed by atoms with Crippen molar-refractivity contribution in [1.82, 2.24) is 9.55 Å². The number of hydrogen-bond acceptors (Lipinski definition) is 1. The molecule has 0 bridgehead atoms. The lowest BCUT2D eigenvalue weighted by Gasteiger charge is -2.21. The summed E-state index contributed by atoms with van der Waals surface area (Å²) >= 11 is 0. The lowest BCUT2D eigenvalue weighted by Crippen LogP contribution is -2.31. The Morgan fingerprint density at radius 3 is 1.62 bits per heavy atom. The van der Waals surface area contributed by atoms with E-state index in [9.17, 15) is 0 Å². The van der Waals surface area contributed by atoms with Crippen LogP contribution in [0.15, 0.2) is 152 Å². The van der Waals surface area contributed by atoms with Gasteiger partial charge in [0.25, 0.3) is 0 Å². The van der Waals surface area contributed by atoms with Gasteiger partial charge in [-0.1, -0.05) is 126 Å². The van der Waals surface area contributed by atoms with Gasteiger partial charge in [-0.15, -0.1) is 0 Å². The molecular formula is C40H31B3N2. The summed E-state index contributed by atoms with van der Waals surface area (Å²) in [6.07, 6.45) is 0. The van der Waals surface area contributed by atoms with Crippen LogP contribution in [0.2, 0.25) is 0 Å². The molecule has 1 aromatic heterocycles. The van der Waals surface area contributed by atoms with Crippen LogP contribution < -0.4 is 0 Å². The summed E-state index contributed by atoms with van der Waals surface area (Å²) < 4.78 is 2.32. The monoisotopic (exact) mass is 572 g/mol. The highest BCUT2D eigenvalue weighted by atomic mass is 15.1. The number of nitrogens with zero attached hydrogens (tertiary/aromatic N) is 2. The summed E-state index contributed by atoms with van der Waals surface area (Å²) in [7, 11) is 6.69. The molecule has 8 rings (SSSR count). The Morgan fingerprint density at radius 1 is 0.444 bits per heavy atom. The zero-order valence-electron chi connectivity index (χ0n) is 25.8. The summed E-state index contributed by atoms with van der Waals surface area (Å²) in [5.41, 5.74) is 10.7. The van der Waals surface area contributed by atoms with E-state index in [1.54, 1.807) is 0 Å². The van der Waals surface area contributed by atoms with Gasteiger partial charge in [-0.3, -0.25) is 4.57 Å². The molecule has 0 N–H and O–H groups in total. The van der Waals surface area contributed by atoms with Crippen LogP contribution in [0.4, 0.5) is 0 Å². The van der Waals surface area contributed by atoms with Crippen molar-refractivity contribution in [3.05, 3.63) is 157 Å². The second kappa shape index (κ2) is 10.7. The first kappa shape index (κ1) is 27.3. The number of hydrogen-bond donors (Lipinski definition) is 0. The van der Waals surface area contributed by atoms with Gasteiger partial charge in [-0.05, 0) is 85.3 Å². The van der Waals surface area contributed by atoms with Gasteiger partial charge in [0.05, 0.1) is 40.4 Å². The van der Waals surface area contributed by atoms with Crippen LogP contribution in [0.1, 0.15) is 5.82 Å². The van der Waals surface area contributed by atoms with Crippen LogP contribution in [0.5, 0.6) is 0 Å². The van der Waals surface area contributed by atoms with Crippen molar-refractivity contribution in [2.24, 2.45) is 0 Å². The molecule has 0 saturated carbocycles. The fourth-order valence-corrected chi connectivity index (χ4v) is 6.78. The van der Waals surface area contributed by atoms with Gasteiger partial charge in [-0.25, -0.2) is 4.98 Å². The highest BCUT2D eigenvalue weighted by Crippen LogP contribution is 2.45. The molecule has 0 fully saturated rings. The SMILES string of the molecule is BC(B)(B)c1nc2ccccc2n1-c1ccc(-c2c3ccccc3c(-c3ccccc3)c3cc(-c4ccccc4)ccc23)cc1. The van der Waals surface area contributed by atoms with Crippen LogP contribution in [-0.4, -0.2) is 33.1 Å². The molecule has 0 amide bonds. The smallest absolute Gasteiger partial charge is 0.0994 e. The molecule has 7 aromatic carbocycles. The highest BCUT2D eigenvalue weighted by Gasteiger charge is 2.24. The van der Waals surface area contributed by atoms with Gasteiger partial charge in [0.2, 0.25) is 0 Å². The minimum Gasteiger partial charge on any atom is -0.298 e. The number of fused-ring (bicyclic) bond motifs is 3. The fraction of sp³-hybridized carbons (Fsp3) is 0.0250. The van der Waals surface area contributed by atoms with Crippen molar-refractivity contribution >= 4 is 56.1 Å².